The SMILES string of the molecule is Cc1ccccc1C(C(=O)Nc1ccc(N(C)c2ccncc2)cc1)N(C(N)=O)c1ccc(Cl)cc1. The maximum atomic E-state index is 13.7. The molecular formula is C28H26ClN5O2. The van der Waals surface area contributed by atoms with E-state index in [-0.39, 0.29) is 0 Å². The number of rotatable bonds is 7. The monoisotopic (exact) mass is 499 g/mol. The van der Waals surface area contributed by atoms with E-state index in [1.165, 1.54) is 4.90 Å². The van der Waals surface area contributed by atoms with E-state index in [0.29, 0.717) is 22.0 Å². The van der Waals surface area contributed by atoms with E-state index >= 15 is 0 Å². The number of urea groups is 1. The Bertz CT molecular complexity index is 1340. The van der Waals surface area contributed by atoms with Crippen LogP contribution in [-0.4, -0.2) is 24.0 Å². The van der Waals surface area contributed by atoms with Crippen molar-refractivity contribution < 1.29 is 9.59 Å². The summed E-state index contributed by atoms with van der Waals surface area (Å²) in [5.74, 6) is -0.395. The number of nitrogens with two attached hydrogens (primary N) is 1. The Kier molecular flexibility index (Phi) is 7.51. The van der Waals surface area contributed by atoms with Crippen LogP contribution in [-0.2, 0) is 4.79 Å². The van der Waals surface area contributed by atoms with Crippen molar-refractivity contribution in [1.29, 1.82) is 0 Å². The van der Waals surface area contributed by atoms with Crippen LogP contribution in [0.3, 0.4) is 0 Å². The maximum Gasteiger partial charge on any atom is 0.320 e. The number of benzene rings is 3. The minimum atomic E-state index is -0.996. The molecule has 0 saturated heterocycles. The Morgan fingerprint density at radius 1 is 0.861 bits per heavy atom. The van der Waals surface area contributed by atoms with Crippen molar-refractivity contribution >= 4 is 46.3 Å². The number of nitrogens with zero attached hydrogens (tertiary/aromatic N) is 3. The number of aromatic nitrogens is 1. The average Bonchev–Trinajstić information content (AvgIpc) is 2.89. The molecule has 1 atom stereocenters. The van der Waals surface area contributed by atoms with Crippen molar-refractivity contribution in [2.75, 3.05) is 22.2 Å². The molecule has 3 amide bonds. The summed E-state index contributed by atoms with van der Waals surface area (Å²) in [4.78, 5) is 33.7. The minimum Gasteiger partial charge on any atom is -0.351 e. The van der Waals surface area contributed by atoms with E-state index in [2.05, 4.69) is 10.3 Å². The van der Waals surface area contributed by atoms with Crippen LogP contribution in [0.25, 0.3) is 0 Å². The molecule has 0 bridgehead atoms. The van der Waals surface area contributed by atoms with Crippen LogP contribution in [0.5, 0.6) is 0 Å². The van der Waals surface area contributed by atoms with Gasteiger partial charge in [0.1, 0.15) is 6.04 Å². The van der Waals surface area contributed by atoms with Gasteiger partial charge in [0.15, 0.2) is 0 Å². The zero-order valence-corrected chi connectivity index (χ0v) is 20.7. The Balaban J connectivity index is 1.65. The summed E-state index contributed by atoms with van der Waals surface area (Å²) in [5, 5.41) is 3.46. The number of hydrogen-bond acceptors (Lipinski definition) is 4. The van der Waals surface area contributed by atoms with Crippen molar-refractivity contribution in [3.63, 3.8) is 0 Å². The summed E-state index contributed by atoms with van der Waals surface area (Å²) in [6.45, 7) is 1.89. The van der Waals surface area contributed by atoms with Crippen LogP contribution in [0.15, 0.2) is 97.3 Å². The van der Waals surface area contributed by atoms with Gasteiger partial charge in [0, 0.05) is 47.2 Å². The van der Waals surface area contributed by atoms with Crippen LogP contribution in [0, 0.1) is 6.92 Å². The molecule has 36 heavy (non-hydrogen) atoms. The second kappa shape index (κ2) is 10.9. The summed E-state index contributed by atoms with van der Waals surface area (Å²) < 4.78 is 0. The van der Waals surface area contributed by atoms with Gasteiger partial charge in [-0.3, -0.25) is 14.7 Å². The largest absolute Gasteiger partial charge is 0.351 e. The van der Waals surface area contributed by atoms with E-state index in [1.54, 1.807) is 36.7 Å². The normalized spacial score (nSPS) is 11.4. The highest BCUT2D eigenvalue weighted by molar-refractivity contribution is 6.30. The van der Waals surface area contributed by atoms with Crippen LogP contribution in [0.1, 0.15) is 17.2 Å². The molecule has 3 aromatic carbocycles. The fourth-order valence-corrected chi connectivity index (χ4v) is 4.12. The average molecular weight is 500 g/mol. The van der Waals surface area contributed by atoms with Gasteiger partial charge < -0.3 is 16.0 Å². The predicted octanol–water partition coefficient (Wildman–Crippen LogP) is 6.08. The fraction of sp³-hybridized carbons (Fsp3) is 0.107. The van der Waals surface area contributed by atoms with Crippen LogP contribution in [0.4, 0.5) is 27.5 Å². The quantitative estimate of drug-likeness (QED) is 0.322. The topological polar surface area (TPSA) is 91.6 Å². The molecule has 0 saturated carbocycles. The van der Waals surface area contributed by atoms with Crippen molar-refractivity contribution in [2.45, 2.75) is 13.0 Å². The highest BCUT2D eigenvalue weighted by atomic mass is 35.5. The number of carbonyl (C=O) groups is 2. The standard InChI is InChI=1S/C28H26ClN5O2/c1-19-5-3-4-6-25(19)26(34(28(30)36)24-11-7-20(29)8-12-24)27(35)32-21-9-13-22(14-10-21)33(2)23-15-17-31-18-16-23/h3-18,26H,1-2H3,(H2,30,36)(H,32,35). The second-order valence-corrected chi connectivity index (χ2v) is 8.68. The van der Waals surface area contributed by atoms with Gasteiger partial charge in [-0.25, -0.2) is 4.79 Å². The van der Waals surface area contributed by atoms with Gasteiger partial charge in [-0.05, 0) is 78.7 Å². The van der Waals surface area contributed by atoms with Crippen LogP contribution >= 0.6 is 11.6 Å². The number of aryl methyl sites for hydroxylation is 1. The third-order valence-corrected chi connectivity index (χ3v) is 6.16. The van der Waals surface area contributed by atoms with Crippen molar-refractivity contribution in [3.8, 4) is 0 Å². The van der Waals surface area contributed by atoms with Crippen LogP contribution < -0.4 is 20.9 Å². The molecule has 1 heterocycles. The lowest BCUT2D eigenvalue weighted by atomic mass is 9.98. The molecule has 0 aliphatic rings. The zero-order chi connectivity index (χ0) is 25.7. The number of nitrogens with one attached hydrogen (secondary N) is 1. The Morgan fingerprint density at radius 2 is 1.44 bits per heavy atom. The first-order chi connectivity index (χ1) is 17.3. The number of carbonyl (C=O) groups excluding carboxylic acids is 2. The molecule has 182 valence electrons. The van der Waals surface area contributed by atoms with E-state index < -0.39 is 18.0 Å². The summed E-state index contributed by atoms with van der Waals surface area (Å²) in [6.07, 6.45) is 3.47. The highest BCUT2D eigenvalue weighted by Gasteiger charge is 2.32. The molecule has 0 fully saturated rings. The van der Waals surface area contributed by atoms with E-state index in [4.69, 9.17) is 17.3 Å². The maximum absolute atomic E-state index is 13.7. The minimum absolute atomic E-state index is 0.395. The van der Waals surface area contributed by atoms with E-state index in [0.717, 1.165) is 16.9 Å². The molecule has 0 radical (unpaired) electrons. The van der Waals surface area contributed by atoms with Gasteiger partial charge in [-0.2, -0.15) is 0 Å². The molecule has 1 aromatic heterocycles. The van der Waals surface area contributed by atoms with Crippen molar-refractivity contribution in [3.05, 3.63) is 113 Å². The summed E-state index contributed by atoms with van der Waals surface area (Å²) >= 11 is 6.04. The van der Waals surface area contributed by atoms with Gasteiger partial charge in [0.05, 0.1) is 0 Å². The van der Waals surface area contributed by atoms with Gasteiger partial charge in [0.2, 0.25) is 0 Å². The van der Waals surface area contributed by atoms with Gasteiger partial charge in [0.25, 0.3) is 5.91 Å². The van der Waals surface area contributed by atoms with E-state index in [9.17, 15) is 9.59 Å². The molecule has 8 heteroatoms. The summed E-state index contributed by atoms with van der Waals surface area (Å²) in [7, 11) is 1.95. The number of hydrogen-bond donors (Lipinski definition) is 2. The van der Waals surface area contributed by atoms with Crippen LogP contribution in [0.2, 0.25) is 5.02 Å². The molecule has 0 aliphatic carbocycles. The third kappa shape index (κ3) is 5.47. The molecule has 0 aliphatic heterocycles. The Hall–Kier alpha value is -4.36. The molecule has 0 spiro atoms. The summed E-state index contributed by atoms with van der Waals surface area (Å²) in [6, 6.07) is 23.6. The van der Waals surface area contributed by atoms with Crippen molar-refractivity contribution in [2.24, 2.45) is 5.73 Å². The lowest BCUT2D eigenvalue weighted by molar-refractivity contribution is -0.117. The smallest absolute Gasteiger partial charge is 0.320 e. The second-order valence-electron chi connectivity index (χ2n) is 8.24. The molecular weight excluding hydrogens is 474 g/mol. The number of anilines is 4. The molecule has 3 N–H and O–H groups in total. The number of halogens is 1. The number of pyridine rings is 1. The van der Waals surface area contributed by atoms with Gasteiger partial charge in [-0.1, -0.05) is 35.9 Å². The van der Waals surface area contributed by atoms with Gasteiger partial charge in [-0.15, -0.1) is 0 Å². The lowest BCUT2D eigenvalue weighted by Crippen LogP contribution is -2.44. The predicted molar refractivity (Wildman–Crippen MR) is 145 cm³/mol. The first kappa shape index (κ1) is 24.8. The lowest BCUT2D eigenvalue weighted by Gasteiger charge is -2.31. The molecule has 7 nitrogen and oxygen atoms in total. The number of primary amides is 1. The number of amides is 3. The molecule has 1 unspecified atom stereocenters. The third-order valence-electron chi connectivity index (χ3n) is 5.90. The first-order valence-electron chi connectivity index (χ1n) is 11.3. The summed E-state index contributed by atoms with van der Waals surface area (Å²) in [5.41, 5.74) is 10.3. The molecule has 4 aromatic rings. The van der Waals surface area contributed by atoms with Crippen molar-refractivity contribution in [1.82, 2.24) is 4.98 Å². The fourth-order valence-electron chi connectivity index (χ4n) is 3.99. The van der Waals surface area contributed by atoms with E-state index in [1.807, 2.05) is 79.5 Å². The Labute approximate surface area is 215 Å². The first-order valence-corrected chi connectivity index (χ1v) is 11.7. The zero-order valence-electron chi connectivity index (χ0n) is 19.9. The highest BCUT2D eigenvalue weighted by Crippen LogP contribution is 2.32. The van der Waals surface area contributed by atoms with Gasteiger partial charge >= 0.3 is 6.03 Å². The molecule has 4 rings (SSSR count). The Morgan fingerprint density at radius 3 is 2.06 bits per heavy atom.